The molecule has 5 heteroatoms. The highest BCUT2D eigenvalue weighted by molar-refractivity contribution is 7.94. The summed E-state index contributed by atoms with van der Waals surface area (Å²) in [6.45, 7) is 3.56. The van der Waals surface area contributed by atoms with Gasteiger partial charge in [-0.2, -0.15) is 0 Å². The van der Waals surface area contributed by atoms with Crippen molar-refractivity contribution >= 4 is 15.7 Å². The summed E-state index contributed by atoms with van der Waals surface area (Å²) < 4.78 is 24.8. The van der Waals surface area contributed by atoms with Crippen molar-refractivity contribution < 1.29 is 13.2 Å². The zero-order valence-electron chi connectivity index (χ0n) is 13.9. The van der Waals surface area contributed by atoms with Crippen LogP contribution in [-0.2, 0) is 14.6 Å². The van der Waals surface area contributed by atoms with Crippen LogP contribution in [-0.4, -0.2) is 37.1 Å². The largest absolute Gasteiger partial charge is 0.341 e. The molecule has 1 aliphatic heterocycles. The maximum atomic E-state index is 13.1. The minimum Gasteiger partial charge on any atom is -0.341 e. The van der Waals surface area contributed by atoms with Crippen LogP contribution in [0.3, 0.4) is 0 Å². The molecule has 1 saturated heterocycles. The first-order valence-corrected chi connectivity index (χ1v) is 10.2. The van der Waals surface area contributed by atoms with Gasteiger partial charge in [0, 0.05) is 13.1 Å². The van der Waals surface area contributed by atoms with Crippen LogP contribution in [0.25, 0.3) is 0 Å². The molecule has 0 unspecified atom stereocenters. The topological polar surface area (TPSA) is 54.5 Å². The Morgan fingerprint density at radius 1 is 1.12 bits per heavy atom. The van der Waals surface area contributed by atoms with E-state index in [1.165, 1.54) is 5.57 Å². The molecule has 4 nitrogen and oxygen atoms in total. The number of allylic oxidation sites excluding steroid dienone is 2. The van der Waals surface area contributed by atoms with Gasteiger partial charge in [0.1, 0.15) is 0 Å². The molecule has 128 valence electrons. The lowest BCUT2D eigenvalue weighted by Crippen LogP contribution is -2.44. The Hall–Kier alpha value is -1.62. The molecule has 2 fully saturated rings. The van der Waals surface area contributed by atoms with Gasteiger partial charge in [-0.1, -0.05) is 29.8 Å². The van der Waals surface area contributed by atoms with E-state index in [9.17, 15) is 13.2 Å². The third kappa shape index (κ3) is 2.32. The molecule has 4 rings (SSSR count). The van der Waals surface area contributed by atoms with Crippen molar-refractivity contribution in [3.63, 3.8) is 0 Å². The molecular weight excluding hydrogens is 322 g/mol. The molecule has 0 radical (unpaired) electrons. The molecule has 1 saturated carbocycles. The summed E-state index contributed by atoms with van der Waals surface area (Å²) in [5.41, 5.74) is 1.39. The van der Waals surface area contributed by atoms with Gasteiger partial charge >= 0.3 is 0 Å². The molecule has 0 aromatic heterocycles. The fourth-order valence-electron chi connectivity index (χ4n) is 4.28. The molecule has 1 aromatic rings. The summed E-state index contributed by atoms with van der Waals surface area (Å²) in [6, 6.07) is 8.42. The number of amides is 1. The van der Waals surface area contributed by atoms with E-state index < -0.39 is 14.6 Å². The van der Waals surface area contributed by atoms with Crippen molar-refractivity contribution in [2.24, 2.45) is 11.8 Å². The summed E-state index contributed by atoms with van der Waals surface area (Å²) in [5.74, 6) is 0.820. The Morgan fingerprint density at radius 3 is 2.46 bits per heavy atom. The molecule has 1 aromatic carbocycles. The molecule has 3 aliphatic rings. The minimum atomic E-state index is -3.61. The van der Waals surface area contributed by atoms with Crippen LogP contribution in [0.4, 0.5) is 0 Å². The van der Waals surface area contributed by atoms with Gasteiger partial charge in [0.05, 0.1) is 4.90 Å². The van der Waals surface area contributed by atoms with Gasteiger partial charge in [0.15, 0.2) is 14.6 Å². The fourth-order valence-corrected chi connectivity index (χ4v) is 6.24. The molecule has 0 bridgehead atoms. The lowest BCUT2D eigenvalue weighted by atomic mass is 9.83. The third-order valence-electron chi connectivity index (χ3n) is 5.88. The van der Waals surface area contributed by atoms with E-state index in [0.29, 0.717) is 37.8 Å². The number of fused-ring (bicyclic) bond motifs is 1. The van der Waals surface area contributed by atoms with Gasteiger partial charge in [-0.15, -0.1) is 0 Å². The Labute approximate surface area is 143 Å². The van der Waals surface area contributed by atoms with Crippen molar-refractivity contribution in [3.05, 3.63) is 42.0 Å². The monoisotopic (exact) mass is 345 g/mol. The Bertz CT molecular complexity index is 793. The zero-order chi connectivity index (χ0) is 16.9. The Morgan fingerprint density at radius 2 is 1.79 bits per heavy atom. The van der Waals surface area contributed by atoms with E-state index in [1.54, 1.807) is 30.3 Å². The van der Waals surface area contributed by atoms with Crippen LogP contribution in [0.5, 0.6) is 0 Å². The molecular formula is C19H23NO3S. The number of hydrogen-bond acceptors (Lipinski definition) is 3. The fraction of sp³-hybridized carbons (Fsp3) is 0.526. The first kappa shape index (κ1) is 15.9. The Kier molecular flexibility index (Phi) is 3.60. The highest BCUT2D eigenvalue weighted by atomic mass is 32.2. The number of benzene rings is 1. The number of hydrogen-bond donors (Lipinski definition) is 0. The average Bonchev–Trinajstić information content (AvgIpc) is 3.30. The first-order chi connectivity index (χ1) is 11.4. The average molecular weight is 345 g/mol. The highest BCUT2D eigenvalue weighted by Crippen LogP contribution is 2.49. The van der Waals surface area contributed by atoms with E-state index in [4.69, 9.17) is 0 Å². The number of rotatable bonds is 3. The molecule has 24 heavy (non-hydrogen) atoms. The van der Waals surface area contributed by atoms with Crippen LogP contribution in [0.2, 0.25) is 0 Å². The van der Waals surface area contributed by atoms with E-state index in [-0.39, 0.29) is 10.8 Å². The zero-order valence-corrected chi connectivity index (χ0v) is 14.8. The quantitative estimate of drug-likeness (QED) is 0.792. The third-order valence-corrected chi connectivity index (χ3v) is 8.38. The lowest BCUT2D eigenvalue weighted by molar-refractivity contribution is -0.130. The van der Waals surface area contributed by atoms with E-state index >= 15 is 0 Å². The normalized spacial score (nSPS) is 28.2. The van der Waals surface area contributed by atoms with Crippen molar-refractivity contribution in [2.45, 2.75) is 42.2 Å². The lowest BCUT2D eigenvalue weighted by Gasteiger charge is -2.23. The van der Waals surface area contributed by atoms with Crippen molar-refractivity contribution in [1.82, 2.24) is 4.90 Å². The number of carbonyl (C=O) groups excluding carboxylic acids is 1. The van der Waals surface area contributed by atoms with E-state index in [1.807, 2.05) is 4.90 Å². The van der Waals surface area contributed by atoms with Crippen LogP contribution >= 0.6 is 0 Å². The molecule has 1 heterocycles. The van der Waals surface area contributed by atoms with Crippen molar-refractivity contribution in [1.29, 1.82) is 0 Å². The van der Waals surface area contributed by atoms with Gasteiger partial charge in [-0.25, -0.2) is 8.42 Å². The summed E-state index contributed by atoms with van der Waals surface area (Å²) in [6.07, 6.45) is 5.21. The predicted molar refractivity (Wildman–Crippen MR) is 92.1 cm³/mol. The van der Waals surface area contributed by atoms with Gasteiger partial charge in [0.25, 0.3) is 0 Å². The summed E-state index contributed by atoms with van der Waals surface area (Å²) in [7, 11) is -3.61. The van der Waals surface area contributed by atoms with Crippen molar-refractivity contribution in [3.8, 4) is 0 Å². The number of likely N-dealkylation sites (tertiary alicyclic amines) is 1. The van der Waals surface area contributed by atoms with Crippen LogP contribution in [0.15, 0.2) is 46.9 Å². The minimum absolute atomic E-state index is 0.168. The first-order valence-electron chi connectivity index (χ1n) is 8.69. The molecule has 0 N–H and O–H groups in total. The second kappa shape index (κ2) is 5.45. The van der Waals surface area contributed by atoms with Crippen LogP contribution in [0, 0.1) is 11.8 Å². The summed E-state index contributed by atoms with van der Waals surface area (Å²) >= 11 is 0. The van der Waals surface area contributed by atoms with Crippen molar-refractivity contribution in [2.75, 3.05) is 13.1 Å². The summed E-state index contributed by atoms with van der Waals surface area (Å²) in [5, 5.41) is 0. The van der Waals surface area contributed by atoms with Gasteiger partial charge in [-0.3, -0.25) is 4.79 Å². The van der Waals surface area contributed by atoms with Gasteiger partial charge in [-0.05, 0) is 56.6 Å². The second-order valence-corrected chi connectivity index (χ2v) is 9.79. The smallest absolute Gasteiger partial charge is 0.244 e. The molecule has 2 aliphatic carbocycles. The SMILES string of the molecule is CC1=CC[C@H]2CN(C(=O)C3(S(=O)(=O)c4ccccc4)CC3)C[C@H]2C1. The highest BCUT2D eigenvalue weighted by Gasteiger charge is 2.63. The summed E-state index contributed by atoms with van der Waals surface area (Å²) in [4.78, 5) is 15.2. The maximum Gasteiger partial charge on any atom is 0.244 e. The van der Waals surface area contributed by atoms with Crippen LogP contribution in [0.1, 0.15) is 32.6 Å². The predicted octanol–water partition coefficient (Wildman–Crippen LogP) is 2.81. The number of sulfone groups is 1. The van der Waals surface area contributed by atoms with E-state index in [0.717, 1.165) is 12.8 Å². The van der Waals surface area contributed by atoms with Gasteiger partial charge in [0.2, 0.25) is 5.91 Å². The molecule has 0 spiro atoms. The molecule has 1 amide bonds. The maximum absolute atomic E-state index is 13.1. The number of nitrogens with zero attached hydrogens (tertiary/aromatic N) is 1. The van der Waals surface area contributed by atoms with Crippen LogP contribution < -0.4 is 0 Å². The van der Waals surface area contributed by atoms with E-state index in [2.05, 4.69) is 13.0 Å². The Balaban J connectivity index is 1.57. The molecule has 2 atom stereocenters. The standard InChI is InChI=1S/C19H23NO3S/c1-14-7-8-15-12-20(13-16(15)11-14)18(21)19(9-10-19)24(22,23)17-5-3-2-4-6-17/h2-7,15-16H,8-13H2,1H3/t15-,16+/m0/s1. The van der Waals surface area contributed by atoms with Gasteiger partial charge < -0.3 is 4.90 Å². The second-order valence-electron chi connectivity index (χ2n) is 7.53. The number of carbonyl (C=O) groups is 1.